The second-order valence-corrected chi connectivity index (χ2v) is 60.4. The van der Waals surface area contributed by atoms with E-state index in [1.165, 1.54) is 66.1 Å². The average Bonchev–Trinajstić information content (AvgIpc) is 1.35. The van der Waals surface area contributed by atoms with Crippen LogP contribution in [-0.4, -0.2) is 299 Å². The number of hydrogen-bond donors (Lipinski definition) is 8. The van der Waals surface area contributed by atoms with Gasteiger partial charge >= 0.3 is 41.8 Å². The number of amides is 2. The maximum atomic E-state index is 13.5. The van der Waals surface area contributed by atoms with Crippen molar-refractivity contribution in [3.05, 3.63) is 156 Å². The molecule has 828 valence electrons. The number of aliphatic hydroxyl groups is 1. The van der Waals surface area contributed by atoms with Gasteiger partial charge in [0.15, 0.2) is 36.6 Å². The van der Waals surface area contributed by atoms with Crippen molar-refractivity contribution in [3.63, 3.8) is 0 Å². The Hall–Kier alpha value is -9.18. The first-order valence-electron chi connectivity index (χ1n) is 47.5. The number of carboxylic acid groups (broad SMARTS) is 1. The van der Waals surface area contributed by atoms with Gasteiger partial charge in [-0.1, -0.05) is 184 Å². The number of carbonyl (C=O) groups excluding carboxylic acids is 8. The molecule has 0 saturated carbocycles. The normalized spacial score (nSPS) is 18.0. The van der Waals surface area contributed by atoms with Gasteiger partial charge in [0.1, 0.15) is 43.6 Å². The monoisotopic (exact) mass is 2290 g/mol. The molecule has 0 aliphatic carbocycles. The first kappa shape index (κ1) is 127. The predicted octanol–water partition coefficient (Wildman–Crippen LogP) is 5.55. The Balaban J connectivity index is 0.000000281. The summed E-state index contributed by atoms with van der Waals surface area (Å²) in [5.41, 5.74) is 1.04. The third kappa shape index (κ3) is 32.5. The summed E-state index contributed by atoms with van der Waals surface area (Å²) in [5.74, 6) is -9.48. The van der Waals surface area contributed by atoms with Crippen LogP contribution in [0.3, 0.4) is 0 Å². The van der Waals surface area contributed by atoms with Gasteiger partial charge in [-0.15, -0.1) is 34.0 Å². The third-order valence-electron chi connectivity index (χ3n) is 23.4. The molecule has 0 saturated heterocycles. The predicted molar refractivity (Wildman–Crippen MR) is 559 cm³/mol. The maximum absolute atomic E-state index is 13.5. The van der Waals surface area contributed by atoms with Crippen molar-refractivity contribution in [2.45, 2.75) is 252 Å². The molecule has 0 bridgehead atoms. The number of primary sulfonamides is 1. The smallest absolute Gasteiger partial charge is 0.347 e. The van der Waals surface area contributed by atoms with E-state index in [0.717, 1.165) is 48.4 Å². The summed E-state index contributed by atoms with van der Waals surface area (Å²) < 4.78 is 220. The van der Waals surface area contributed by atoms with Crippen molar-refractivity contribution in [3.8, 4) is 0 Å². The second kappa shape index (κ2) is 55.1. The van der Waals surface area contributed by atoms with Crippen molar-refractivity contribution in [2.75, 3.05) is 100 Å². The lowest BCUT2D eigenvalue weighted by Crippen LogP contribution is -2.68. The van der Waals surface area contributed by atoms with Crippen LogP contribution < -0.4 is 51.3 Å². The molecule has 3 aromatic heterocycles. The van der Waals surface area contributed by atoms with E-state index in [-0.39, 0.29) is 71.8 Å². The van der Waals surface area contributed by atoms with Gasteiger partial charge in [0.25, 0.3) is 78.6 Å². The second-order valence-electron chi connectivity index (χ2n) is 36.7. The molecular weight excluding hydrogens is 2160 g/mol. The van der Waals surface area contributed by atoms with Gasteiger partial charge in [0, 0.05) is 115 Å². The van der Waals surface area contributed by atoms with E-state index in [1.807, 2.05) is 147 Å². The molecular formula is C95H137N9O34S9Si2. The molecule has 0 unspecified atom stereocenters. The van der Waals surface area contributed by atoms with E-state index >= 15 is 0 Å². The van der Waals surface area contributed by atoms with E-state index in [0.29, 0.717) is 105 Å². The summed E-state index contributed by atoms with van der Waals surface area (Å²) in [5, 5.41) is 35.9. The number of ether oxygens (including phenoxy) is 9. The molecule has 3 aliphatic heterocycles. The Morgan fingerprint density at radius 2 is 0.638 bits per heavy atom. The minimum Gasteiger partial charge on any atom is -0.479 e. The minimum atomic E-state index is -4.59. The van der Waals surface area contributed by atoms with Gasteiger partial charge in [0.05, 0.1) is 0 Å². The Morgan fingerprint density at radius 1 is 0.396 bits per heavy atom. The number of likely N-dealkylation sites (N-methyl/N-ethyl adjacent to an activating group) is 3. The molecule has 0 radical (unpaired) electrons. The number of aliphatic carboxylic acids is 1. The van der Waals surface area contributed by atoms with Crippen LogP contribution in [0.25, 0.3) is 0 Å². The number of fused-ring (bicyclic) bond motifs is 3. The maximum Gasteiger partial charge on any atom is 0.347 e. The van der Waals surface area contributed by atoms with Crippen LogP contribution in [0.15, 0.2) is 165 Å². The van der Waals surface area contributed by atoms with Crippen LogP contribution in [0, 0.1) is 0 Å². The zero-order valence-corrected chi connectivity index (χ0v) is 96.2. The average molecular weight is 2290 g/mol. The number of sulfonamides is 6. The molecule has 0 spiro atoms. The molecule has 54 heteroatoms. The number of esters is 6. The number of nitrogens with zero attached hydrogens (tertiary/aromatic N) is 3. The standard InChI is InChI=1S/C37H51N3O11S3Si.C25H32O7Si.C21H33N3O11S3.C12H21N3O5S3/c1-9-38-31-24-40(21-16-22-48-8)54(46,47)36-30(31)23-32(52-36)53(44,45)39-33(41)25(2)49-34(42)26(3)50-35(43)27(4)51-55(37(5,6)7,28-17-12-10-13-18-28)29-19-14-11-15-20-29;1-17(22(26)27)30-23(28)18(2)31-24(29)19(3)32-33(25(4,5)6,20-13-9-7-10-14-20)21-15-11-8-12-16-21;1-6-22-16-11-24(8-7-9-33-5)38(31,32)21-15(16)10-17(36-21)37(29,30)23-18(26)13(3)34-20(28)14(4)35-19(27)12(2)25;1-3-14-10-8-15(5-4-6-20-2)23(18,19)12-9(10)7-11(21-12)22(13,16)17/h10-15,17-20,23,25-27,31,38H,9,16,21-22,24H2,1-8H3,(H,39,41);7-19H,1-6H3,(H,26,27);10,12-14,16,22,25H,6-9,11H2,1-5H3,(H,23,26);7,10,14H,3-6,8H2,1-2H3,(H2,13,16,17)/t25-,26-,27-,31-;17-,18-,19+;12-,13-,14-,16-;10-/m0100/s1. The van der Waals surface area contributed by atoms with Crippen LogP contribution >= 0.6 is 34.0 Å². The zero-order valence-electron chi connectivity index (χ0n) is 86.9. The van der Waals surface area contributed by atoms with Gasteiger partial charge < -0.3 is 77.6 Å². The Kier molecular flexibility index (Phi) is 46.8. The molecule has 43 nitrogen and oxygen atoms in total. The summed E-state index contributed by atoms with van der Waals surface area (Å²) in [6.07, 6.45) is -10.9. The van der Waals surface area contributed by atoms with Crippen LogP contribution in [0.5, 0.6) is 0 Å². The molecule has 12 atom stereocenters. The number of benzene rings is 4. The highest BCUT2D eigenvalue weighted by Gasteiger charge is 2.55. The first-order chi connectivity index (χ1) is 69.6. The largest absolute Gasteiger partial charge is 0.479 e. The van der Waals surface area contributed by atoms with Crippen molar-refractivity contribution in [1.29, 1.82) is 0 Å². The summed E-state index contributed by atoms with van der Waals surface area (Å²) in [6.45, 7) is 33.5. The lowest BCUT2D eigenvalue weighted by Gasteiger charge is -2.44. The Labute approximate surface area is 885 Å². The van der Waals surface area contributed by atoms with Crippen molar-refractivity contribution >= 4 is 185 Å². The molecule has 4 aromatic carbocycles. The number of carboxylic acids is 1. The molecule has 149 heavy (non-hydrogen) atoms. The summed E-state index contributed by atoms with van der Waals surface area (Å²) in [7, 11) is -26.3. The van der Waals surface area contributed by atoms with E-state index in [4.69, 9.17) is 62.1 Å². The molecule has 2 amide bonds. The van der Waals surface area contributed by atoms with Gasteiger partial charge in [0.2, 0.25) is 10.0 Å². The van der Waals surface area contributed by atoms with E-state index in [9.17, 15) is 93.7 Å². The van der Waals surface area contributed by atoms with Gasteiger partial charge in [-0.3, -0.25) is 9.59 Å². The van der Waals surface area contributed by atoms with Crippen molar-refractivity contribution < 1.29 is 155 Å². The van der Waals surface area contributed by atoms with Crippen LogP contribution in [-0.2, 0) is 155 Å². The van der Waals surface area contributed by atoms with E-state index in [1.54, 1.807) is 25.7 Å². The number of nitrogens with two attached hydrogens (primary N) is 1. The van der Waals surface area contributed by atoms with Gasteiger partial charge in [-0.05, 0) is 150 Å². The first-order valence-corrected chi connectivity index (χ1v) is 62.6. The number of methoxy groups -OCH3 is 3. The number of rotatable bonds is 46. The molecule has 3 aliphatic rings. The quantitative estimate of drug-likeness (QED) is 0.0100. The highest BCUT2D eigenvalue weighted by atomic mass is 32.3. The summed E-state index contributed by atoms with van der Waals surface area (Å²) in [4.78, 5) is 111. The molecule has 0 fully saturated rings. The molecule has 6 heterocycles. The van der Waals surface area contributed by atoms with Crippen molar-refractivity contribution in [2.24, 2.45) is 5.14 Å². The van der Waals surface area contributed by atoms with Crippen LogP contribution in [0.2, 0.25) is 10.1 Å². The lowest BCUT2D eigenvalue weighted by molar-refractivity contribution is -0.177. The Morgan fingerprint density at radius 3 is 0.879 bits per heavy atom. The minimum absolute atomic E-state index is 0.0520. The summed E-state index contributed by atoms with van der Waals surface area (Å²) >= 11 is 1.75. The fourth-order valence-electron chi connectivity index (χ4n) is 15.9. The van der Waals surface area contributed by atoms with E-state index < -0.39 is 211 Å². The SMILES string of the molecule is CCN[C@H]1CN(CCCOC)S(=O)(=O)c2sc(S(=O)(=O)NC(=O)[C@H](C)OC(=O)[C@H](C)OC(=O)[C@H](C)O)cc21.CCN[C@H]1CN(CCCOC)S(=O)(=O)c2sc(S(=O)(=O)NC(=O)[C@H](C)OC(=O)[C@H](C)OC(=O)[C@H](C)O[Si](c3ccccc3)(c3ccccc3)C(C)(C)C)cc21.CCN[C@H]1CN(CCCOC)S(=O)(=O)c2sc(S(N)(=O)=O)cc21.C[C@H](O[Si](c1ccccc1)(c1ccccc1)C(C)(C)C)C(=O)O[C@H](C)C(=O)O[C@H](C)C(=O)O. The zero-order chi connectivity index (χ0) is 112. The lowest BCUT2D eigenvalue weighted by atomic mass is 10.1. The van der Waals surface area contributed by atoms with Gasteiger partial charge in [-0.2, -0.15) is 12.9 Å². The Bertz CT molecular complexity index is 6380. The number of hydrogen-bond acceptors (Lipinski definition) is 39. The topological polar surface area (TPSA) is 596 Å². The molecule has 9 N–H and O–H groups in total. The fourth-order valence-corrected chi connectivity index (χ4v) is 39.4. The van der Waals surface area contributed by atoms with E-state index in [2.05, 4.69) is 62.2 Å². The number of carbonyl (C=O) groups is 9. The van der Waals surface area contributed by atoms with Crippen LogP contribution in [0.1, 0.15) is 179 Å². The molecule has 7 aromatic rings. The summed E-state index contributed by atoms with van der Waals surface area (Å²) in [6, 6.07) is 41.6. The fraction of sp³-hybridized carbons (Fsp3) is 0.526. The number of thiophene rings is 3. The number of aliphatic hydroxyl groups excluding tert-OH is 1. The number of nitrogens with one attached hydrogen (secondary N) is 5. The van der Waals surface area contributed by atoms with Crippen LogP contribution in [0.4, 0.5) is 0 Å². The highest BCUT2D eigenvalue weighted by molar-refractivity contribution is 7.95. The molecule has 10 rings (SSSR count). The third-order valence-corrected chi connectivity index (χ3v) is 49.3. The highest BCUT2D eigenvalue weighted by Crippen LogP contribution is 2.45. The van der Waals surface area contributed by atoms with Gasteiger partial charge in [-0.25, -0.2) is 98.7 Å². The van der Waals surface area contributed by atoms with Crippen molar-refractivity contribution in [1.82, 2.24) is 38.3 Å².